The third-order valence-electron chi connectivity index (χ3n) is 3.68. The van der Waals surface area contributed by atoms with Gasteiger partial charge in [-0.05, 0) is 38.3 Å². The number of benzene rings is 1. The fourth-order valence-electron chi connectivity index (χ4n) is 2.42. The second-order valence-corrected chi connectivity index (χ2v) is 4.95. The van der Waals surface area contributed by atoms with Crippen molar-refractivity contribution in [1.82, 2.24) is 0 Å². The van der Waals surface area contributed by atoms with Gasteiger partial charge < -0.3 is 10.4 Å². The Balaban J connectivity index is 2.02. The van der Waals surface area contributed by atoms with Crippen LogP contribution in [-0.2, 0) is 9.59 Å². The predicted molar refractivity (Wildman–Crippen MR) is 68.2 cm³/mol. The van der Waals surface area contributed by atoms with Gasteiger partial charge in [-0.3, -0.25) is 9.59 Å². The molecule has 0 saturated heterocycles. The number of rotatable bonds is 3. The molecule has 0 aliphatic heterocycles. The first-order valence-electron chi connectivity index (χ1n) is 6.28. The molecule has 2 rings (SSSR count). The quantitative estimate of drug-likeness (QED) is 0.882. The Morgan fingerprint density at radius 2 is 2.00 bits per heavy atom. The Kier molecular flexibility index (Phi) is 3.83. The van der Waals surface area contributed by atoms with Gasteiger partial charge in [-0.2, -0.15) is 0 Å². The summed E-state index contributed by atoms with van der Waals surface area (Å²) in [6.45, 7) is 1.60. The Labute approximate surface area is 110 Å². The summed E-state index contributed by atoms with van der Waals surface area (Å²) in [5, 5.41) is 11.6. The highest BCUT2D eigenvalue weighted by atomic mass is 19.1. The normalized spacial score (nSPS) is 22.2. The van der Waals surface area contributed by atoms with E-state index in [0.717, 1.165) is 0 Å². The molecular formula is C14H16FNO3. The lowest BCUT2D eigenvalue weighted by Gasteiger charge is -2.13. The van der Waals surface area contributed by atoms with Crippen molar-refractivity contribution in [2.45, 2.75) is 26.2 Å². The minimum atomic E-state index is -0.850. The number of aliphatic carboxylic acids is 1. The van der Waals surface area contributed by atoms with Gasteiger partial charge in [0, 0.05) is 17.2 Å². The van der Waals surface area contributed by atoms with E-state index >= 15 is 0 Å². The van der Waals surface area contributed by atoms with Crippen LogP contribution in [0, 0.1) is 24.6 Å². The second kappa shape index (κ2) is 5.38. The van der Waals surface area contributed by atoms with E-state index in [1.165, 1.54) is 12.1 Å². The zero-order valence-corrected chi connectivity index (χ0v) is 10.6. The molecule has 0 bridgehead atoms. The first-order valence-corrected chi connectivity index (χ1v) is 6.28. The van der Waals surface area contributed by atoms with Crippen LogP contribution in [-0.4, -0.2) is 17.0 Å². The molecule has 1 aliphatic rings. The Hall–Kier alpha value is -1.91. The van der Waals surface area contributed by atoms with Crippen molar-refractivity contribution in [2.24, 2.45) is 11.8 Å². The maximum absolute atomic E-state index is 13.3. The van der Waals surface area contributed by atoms with Crippen molar-refractivity contribution in [3.05, 3.63) is 29.6 Å². The third kappa shape index (κ3) is 2.92. The summed E-state index contributed by atoms with van der Waals surface area (Å²) < 4.78 is 13.3. The van der Waals surface area contributed by atoms with Gasteiger partial charge in [-0.25, -0.2) is 4.39 Å². The summed E-state index contributed by atoms with van der Waals surface area (Å²) in [6, 6.07) is 4.51. The number of halogens is 1. The van der Waals surface area contributed by atoms with Crippen LogP contribution in [0.1, 0.15) is 24.8 Å². The zero-order valence-electron chi connectivity index (χ0n) is 10.6. The smallest absolute Gasteiger partial charge is 0.306 e. The Bertz CT molecular complexity index is 515. The highest BCUT2D eigenvalue weighted by Crippen LogP contribution is 2.32. The monoisotopic (exact) mass is 265 g/mol. The van der Waals surface area contributed by atoms with Crippen molar-refractivity contribution in [3.63, 3.8) is 0 Å². The molecule has 0 heterocycles. The standard InChI is InChI=1S/C14H16FNO3/c1-8-11(15)3-2-4-12(8)16-13(17)9-5-6-10(7-9)14(18)19/h2-4,9-10H,5-7H2,1H3,(H,16,17)(H,18,19)/t9-,10+/m1/s1. The molecule has 2 atom stereocenters. The van der Waals surface area contributed by atoms with E-state index in [1.54, 1.807) is 13.0 Å². The van der Waals surface area contributed by atoms with Gasteiger partial charge in [-0.1, -0.05) is 6.07 Å². The molecule has 1 saturated carbocycles. The topological polar surface area (TPSA) is 66.4 Å². The summed E-state index contributed by atoms with van der Waals surface area (Å²) in [5.74, 6) is -2.18. The average Bonchev–Trinajstić information content (AvgIpc) is 2.84. The summed E-state index contributed by atoms with van der Waals surface area (Å²) in [7, 11) is 0. The Morgan fingerprint density at radius 1 is 1.32 bits per heavy atom. The van der Waals surface area contributed by atoms with E-state index < -0.39 is 11.9 Å². The SMILES string of the molecule is Cc1c(F)cccc1NC(=O)[C@@H]1CC[C@H](C(=O)O)C1. The van der Waals surface area contributed by atoms with E-state index in [4.69, 9.17) is 5.11 Å². The number of carboxylic acid groups (broad SMARTS) is 1. The van der Waals surface area contributed by atoms with Gasteiger partial charge in [0.15, 0.2) is 0 Å². The van der Waals surface area contributed by atoms with Crippen molar-refractivity contribution in [3.8, 4) is 0 Å². The van der Waals surface area contributed by atoms with Gasteiger partial charge in [0.25, 0.3) is 0 Å². The number of carbonyl (C=O) groups is 2. The van der Waals surface area contributed by atoms with Gasteiger partial charge in [-0.15, -0.1) is 0 Å². The second-order valence-electron chi connectivity index (χ2n) is 4.95. The first-order chi connectivity index (χ1) is 8.99. The molecule has 0 aromatic heterocycles. The van der Waals surface area contributed by atoms with Crippen LogP contribution in [0.4, 0.5) is 10.1 Å². The molecule has 0 unspecified atom stereocenters. The number of hydrogen-bond acceptors (Lipinski definition) is 2. The van der Waals surface area contributed by atoms with Crippen LogP contribution in [0.2, 0.25) is 0 Å². The van der Waals surface area contributed by atoms with Crippen LogP contribution >= 0.6 is 0 Å². The fraction of sp³-hybridized carbons (Fsp3) is 0.429. The van der Waals surface area contributed by atoms with Gasteiger partial charge in [0.2, 0.25) is 5.91 Å². The lowest BCUT2D eigenvalue weighted by atomic mass is 10.0. The van der Waals surface area contributed by atoms with Gasteiger partial charge >= 0.3 is 5.97 Å². The molecule has 1 amide bonds. The van der Waals surface area contributed by atoms with Crippen LogP contribution in [0.3, 0.4) is 0 Å². The molecule has 1 aliphatic carbocycles. The maximum atomic E-state index is 13.3. The number of hydrogen-bond donors (Lipinski definition) is 2. The minimum Gasteiger partial charge on any atom is -0.481 e. The molecular weight excluding hydrogens is 249 g/mol. The lowest BCUT2D eigenvalue weighted by molar-refractivity contribution is -0.141. The van der Waals surface area contributed by atoms with Gasteiger partial charge in [0.05, 0.1) is 5.92 Å². The molecule has 2 N–H and O–H groups in total. The highest BCUT2D eigenvalue weighted by Gasteiger charge is 2.33. The Morgan fingerprint density at radius 3 is 2.63 bits per heavy atom. The molecule has 0 spiro atoms. The molecule has 19 heavy (non-hydrogen) atoms. The van der Waals surface area contributed by atoms with Crippen LogP contribution in [0.15, 0.2) is 18.2 Å². The third-order valence-corrected chi connectivity index (χ3v) is 3.68. The fourth-order valence-corrected chi connectivity index (χ4v) is 2.42. The number of carbonyl (C=O) groups excluding carboxylic acids is 1. The van der Waals surface area contributed by atoms with Gasteiger partial charge in [0.1, 0.15) is 5.82 Å². The summed E-state index contributed by atoms with van der Waals surface area (Å²) in [6.07, 6.45) is 1.45. The van der Waals surface area contributed by atoms with Crippen molar-refractivity contribution in [1.29, 1.82) is 0 Å². The van der Waals surface area contributed by atoms with E-state index in [1.807, 2.05) is 0 Å². The van der Waals surface area contributed by atoms with E-state index in [2.05, 4.69) is 5.32 Å². The van der Waals surface area contributed by atoms with E-state index in [0.29, 0.717) is 30.5 Å². The molecule has 5 heteroatoms. The van der Waals surface area contributed by atoms with Crippen molar-refractivity contribution in [2.75, 3.05) is 5.32 Å². The van der Waals surface area contributed by atoms with E-state index in [-0.39, 0.29) is 17.6 Å². The van der Waals surface area contributed by atoms with Crippen molar-refractivity contribution < 1.29 is 19.1 Å². The number of amides is 1. The summed E-state index contributed by atoms with van der Waals surface area (Å²) in [4.78, 5) is 22.9. The summed E-state index contributed by atoms with van der Waals surface area (Å²) in [5.41, 5.74) is 0.840. The highest BCUT2D eigenvalue weighted by molar-refractivity contribution is 5.93. The van der Waals surface area contributed by atoms with E-state index in [9.17, 15) is 14.0 Å². The molecule has 1 aromatic carbocycles. The maximum Gasteiger partial charge on any atom is 0.306 e. The number of carboxylic acids is 1. The minimum absolute atomic E-state index is 0.225. The molecule has 0 radical (unpaired) electrons. The molecule has 102 valence electrons. The predicted octanol–water partition coefficient (Wildman–Crippen LogP) is 2.57. The largest absolute Gasteiger partial charge is 0.481 e. The number of anilines is 1. The molecule has 1 fully saturated rings. The van der Waals surface area contributed by atoms with Crippen molar-refractivity contribution >= 4 is 17.6 Å². The lowest BCUT2D eigenvalue weighted by Crippen LogP contribution is -2.22. The molecule has 4 nitrogen and oxygen atoms in total. The molecule has 1 aromatic rings. The number of nitrogens with one attached hydrogen (secondary N) is 1. The summed E-state index contributed by atoms with van der Waals surface area (Å²) >= 11 is 0. The van der Waals surface area contributed by atoms with Crippen LogP contribution < -0.4 is 5.32 Å². The first kappa shape index (κ1) is 13.5. The van der Waals surface area contributed by atoms with Crippen LogP contribution in [0.25, 0.3) is 0 Å². The van der Waals surface area contributed by atoms with Crippen LogP contribution in [0.5, 0.6) is 0 Å². The average molecular weight is 265 g/mol. The zero-order chi connectivity index (χ0) is 14.0.